The van der Waals surface area contributed by atoms with E-state index in [1.165, 1.54) is 36.7 Å². The average Bonchev–Trinajstić information content (AvgIpc) is 2.21. The van der Waals surface area contributed by atoms with Crippen molar-refractivity contribution in [2.45, 2.75) is 27.8 Å². The quantitative estimate of drug-likeness (QED) is 0.212. The van der Waals surface area contributed by atoms with Gasteiger partial charge >= 0.3 is 0 Å². The Hall–Kier alpha value is 0.450. The van der Waals surface area contributed by atoms with Crippen molar-refractivity contribution < 1.29 is 30.3 Å². The molecule has 96 valence electrons. The third-order valence-electron chi connectivity index (χ3n) is 2.65. The smallest absolute Gasteiger partial charge is 0.270 e. The molecular formula is C8H16INO6. The fourth-order valence-corrected chi connectivity index (χ4v) is 2.53. The van der Waals surface area contributed by atoms with Crippen molar-refractivity contribution in [3.63, 3.8) is 0 Å². The summed E-state index contributed by atoms with van der Waals surface area (Å²) in [5.41, 5.74) is 0. The van der Waals surface area contributed by atoms with Gasteiger partial charge in [-0.1, -0.05) is 0 Å². The molecule has 1 unspecified atom stereocenters. The second kappa shape index (κ2) is 4.61. The number of aliphatic hydroxyl groups is 5. The third-order valence-corrected chi connectivity index (χ3v) is 4.00. The van der Waals surface area contributed by atoms with Crippen molar-refractivity contribution in [1.82, 2.24) is 4.90 Å². The van der Waals surface area contributed by atoms with Crippen LogP contribution in [0.5, 0.6) is 0 Å². The van der Waals surface area contributed by atoms with Crippen LogP contribution in [0.15, 0.2) is 0 Å². The minimum absolute atomic E-state index is 0.582. The number of rotatable bonds is 2. The van der Waals surface area contributed by atoms with E-state index in [9.17, 15) is 20.4 Å². The maximum absolute atomic E-state index is 10.1. The van der Waals surface area contributed by atoms with E-state index >= 15 is 0 Å². The lowest BCUT2D eigenvalue weighted by Gasteiger charge is -2.52. The Bertz CT molecular complexity index is 263. The maximum atomic E-state index is 10.1. The largest absolute Gasteiger partial charge is 0.394 e. The lowest BCUT2D eigenvalue weighted by Crippen LogP contribution is -2.74. The van der Waals surface area contributed by atoms with E-state index in [0.29, 0.717) is 0 Å². The molecule has 1 fully saturated rings. The van der Waals surface area contributed by atoms with Crippen LogP contribution in [0.1, 0.15) is 0 Å². The first-order valence-corrected chi connectivity index (χ1v) is 5.72. The van der Waals surface area contributed by atoms with Gasteiger partial charge in [0.1, 0.15) is 18.3 Å². The molecule has 0 aromatic rings. The zero-order valence-corrected chi connectivity index (χ0v) is 11.1. The molecule has 0 aromatic carbocycles. The molecule has 8 heteroatoms. The van der Waals surface area contributed by atoms with Crippen LogP contribution < -0.4 is 0 Å². The van der Waals surface area contributed by atoms with Crippen LogP contribution in [0.4, 0.5) is 0 Å². The van der Waals surface area contributed by atoms with Gasteiger partial charge in [0.2, 0.25) is 3.61 Å². The van der Waals surface area contributed by atoms with Crippen LogP contribution in [-0.4, -0.2) is 79.0 Å². The molecule has 1 aliphatic rings. The van der Waals surface area contributed by atoms with E-state index < -0.39 is 34.4 Å². The molecule has 0 aromatic heterocycles. The van der Waals surface area contributed by atoms with Crippen molar-refractivity contribution in [3.8, 4) is 0 Å². The highest BCUT2D eigenvalue weighted by atomic mass is 127. The van der Waals surface area contributed by atoms with Gasteiger partial charge in [-0.2, -0.15) is 0 Å². The molecule has 5 atom stereocenters. The first kappa shape index (κ1) is 14.5. The highest BCUT2D eigenvalue weighted by molar-refractivity contribution is 14.1. The van der Waals surface area contributed by atoms with E-state index in [-0.39, 0.29) is 0 Å². The molecule has 0 amide bonds. The Morgan fingerprint density at radius 2 is 1.81 bits per heavy atom. The SMILES string of the molecule is CN(C)C1(O)O[C@H](CO)[C@@H](O)[C@H](O)[C@@]1(O)I. The zero-order chi connectivity index (χ0) is 12.7. The summed E-state index contributed by atoms with van der Waals surface area (Å²) in [7, 11) is 2.87. The number of aliphatic hydroxyl groups excluding tert-OH is 3. The molecule has 0 bridgehead atoms. The summed E-state index contributed by atoms with van der Waals surface area (Å²) >= 11 is 1.40. The lowest BCUT2D eigenvalue weighted by molar-refractivity contribution is -0.401. The molecule has 1 rings (SSSR count). The average molecular weight is 349 g/mol. The molecule has 5 N–H and O–H groups in total. The topological polar surface area (TPSA) is 114 Å². The van der Waals surface area contributed by atoms with Gasteiger partial charge < -0.3 is 30.3 Å². The normalized spacial score (nSPS) is 49.7. The number of hydrogen-bond acceptors (Lipinski definition) is 7. The maximum Gasteiger partial charge on any atom is 0.270 e. The fraction of sp³-hybridized carbons (Fsp3) is 1.00. The van der Waals surface area contributed by atoms with Crippen molar-refractivity contribution in [1.29, 1.82) is 0 Å². The second-order valence-corrected chi connectivity index (χ2v) is 5.59. The van der Waals surface area contributed by atoms with Crippen molar-refractivity contribution in [2.24, 2.45) is 0 Å². The number of halogens is 1. The predicted molar refractivity (Wildman–Crippen MR) is 61.6 cm³/mol. The Morgan fingerprint density at radius 1 is 1.31 bits per heavy atom. The van der Waals surface area contributed by atoms with Crippen LogP contribution in [0.25, 0.3) is 0 Å². The van der Waals surface area contributed by atoms with E-state index in [4.69, 9.17) is 9.84 Å². The van der Waals surface area contributed by atoms with Crippen molar-refractivity contribution >= 4 is 22.6 Å². The molecule has 1 aliphatic heterocycles. The molecule has 0 saturated carbocycles. The van der Waals surface area contributed by atoms with E-state index in [1.807, 2.05) is 0 Å². The van der Waals surface area contributed by atoms with Crippen LogP contribution in [-0.2, 0) is 4.74 Å². The number of nitrogens with zero attached hydrogens (tertiary/aromatic N) is 1. The van der Waals surface area contributed by atoms with Gasteiger partial charge in [0.15, 0.2) is 0 Å². The van der Waals surface area contributed by atoms with Crippen LogP contribution in [0.2, 0.25) is 0 Å². The lowest BCUT2D eigenvalue weighted by atomic mass is 9.96. The van der Waals surface area contributed by atoms with Crippen LogP contribution in [0, 0.1) is 0 Å². The van der Waals surface area contributed by atoms with Gasteiger partial charge in [-0.05, 0) is 36.7 Å². The summed E-state index contributed by atoms with van der Waals surface area (Å²) in [6.07, 6.45) is -4.30. The first-order valence-electron chi connectivity index (χ1n) is 4.64. The summed E-state index contributed by atoms with van der Waals surface area (Å²) in [5.74, 6) is -2.19. The highest BCUT2D eigenvalue weighted by Crippen LogP contribution is 2.42. The number of ether oxygens (including phenoxy) is 1. The Morgan fingerprint density at radius 3 is 2.19 bits per heavy atom. The van der Waals surface area contributed by atoms with Crippen LogP contribution in [0.3, 0.4) is 0 Å². The number of alkyl halides is 1. The van der Waals surface area contributed by atoms with E-state index in [1.54, 1.807) is 0 Å². The van der Waals surface area contributed by atoms with E-state index in [2.05, 4.69) is 0 Å². The monoisotopic (exact) mass is 349 g/mol. The summed E-state index contributed by atoms with van der Waals surface area (Å²) in [5, 5.41) is 48.3. The molecule has 0 aliphatic carbocycles. The highest BCUT2D eigenvalue weighted by Gasteiger charge is 2.63. The van der Waals surface area contributed by atoms with Crippen molar-refractivity contribution in [3.05, 3.63) is 0 Å². The summed E-state index contributed by atoms with van der Waals surface area (Å²) in [6.45, 7) is -0.582. The third kappa shape index (κ3) is 1.97. The minimum atomic E-state index is -2.19. The zero-order valence-electron chi connectivity index (χ0n) is 8.91. The van der Waals surface area contributed by atoms with Crippen molar-refractivity contribution in [2.75, 3.05) is 20.7 Å². The number of hydrogen-bond donors (Lipinski definition) is 5. The molecule has 16 heavy (non-hydrogen) atoms. The molecule has 0 spiro atoms. The van der Waals surface area contributed by atoms with Gasteiger partial charge in [-0.3, -0.25) is 4.90 Å². The van der Waals surface area contributed by atoms with Gasteiger partial charge in [0.25, 0.3) is 5.91 Å². The molecule has 7 nitrogen and oxygen atoms in total. The fourth-order valence-electron chi connectivity index (χ4n) is 1.55. The summed E-state index contributed by atoms with van der Waals surface area (Å²) < 4.78 is 2.93. The van der Waals surface area contributed by atoms with Gasteiger partial charge in [0.05, 0.1) is 6.61 Å². The Balaban J connectivity index is 3.10. The molecular weight excluding hydrogens is 333 g/mol. The first-order chi connectivity index (χ1) is 7.18. The summed E-state index contributed by atoms with van der Waals surface area (Å²) in [6, 6.07) is 0. The Kier molecular flexibility index (Phi) is 4.18. The molecule has 1 heterocycles. The summed E-state index contributed by atoms with van der Waals surface area (Å²) in [4.78, 5) is 1.15. The van der Waals surface area contributed by atoms with Gasteiger partial charge in [-0.25, -0.2) is 0 Å². The predicted octanol–water partition coefficient (Wildman–Crippen LogP) is -2.57. The molecule has 1 saturated heterocycles. The second-order valence-electron chi connectivity index (χ2n) is 3.95. The molecule has 0 radical (unpaired) electrons. The number of likely N-dealkylation sites (N-methyl/N-ethyl adjacent to an activating group) is 1. The van der Waals surface area contributed by atoms with Crippen LogP contribution >= 0.6 is 22.6 Å². The van der Waals surface area contributed by atoms with E-state index in [0.717, 1.165) is 4.90 Å². The standard InChI is InChI=1S/C8H16INO6/c1-10(2)8(15)7(9,14)6(13)5(12)4(3-11)16-8/h4-6,11-15H,3H2,1-2H3/t4-,5-,6+,7+,8?/m1/s1. The van der Waals surface area contributed by atoms with Gasteiger partial charge in [-0.15, -0.1) is 0 Å². The van der Waals surface area contributed by atoms with Gasteiger partial charge in [0, 0.05) is 0 Å². The Labute approximate surface area is 106 Å². The minimum Gasteiger partial charge on any atom is -0.394 e.